The molecule has 2 heterocycles. The second-order valence-electron chi connectivity index (χ2n) is 4.46. The number of aromatic amines is 1. The molecule has 92 valence electrons. The molecule has 0 unspecified atom stereocenters. The Morgan fingerprint density at radius 3 is 2.83 bits per heavy atom. The topological polar surface area (TPSA) is 48.9 Å². The van der Waals surface area contributed by atoms with Gasteiger partial charge in [-0.3, -0.25) is 0 Å². The predicted octanol–water partition coefficient (Wildman–Crippen LogP) is 3.65. The van der Waals surface area contributed by atoms with E-state index in [1.807, 2.05) is 6.07 Å². The van der Waals surface area contributed by atoms with E-state index in [4.69, 9.17) is 0 Å². The molecule has 1 aromatic carbocycles. The molecule has 0 aliphatic rings. The fourth-order valence-corrected chi connectivity index (χ4v) is 2.96. The second-order valence-corrected chi connectivity index (χ2v) is 5.38. The molecule has 2 N–H and O–H groups in total. The van der Waals surface area contributed by atoms with Gasteiger partial charge in [0.05, 0.1) is 11.0 Å². The average molecular weight is 258 g/mol. The first-order chi connectivity index (χ1) is 8.65. The van der Waals surface area contributed by atoms with Gasteiger partial charge in [0.1, 0.15) is 11.9 Å². The maximum atomic E-state index is 9.53. The predicted molar refractivity (Wildman–Crippen MR) is 74.8 cm³/mol. The summed E-state index contributed by atoms with van der Waals surface area (Å²) in [4.78, 5) is 8.80. The van der Waals surface area contributed by atoms with Crippen LogP contribution in [0.2, 0.25) is 0 Å². The Kier molecular flexibility index (Phi) is 2.69. The Balaban J connectivity index is 2.14. The number of nitrogens with zero attached hydrogens (tertiary/aromatic N) is 1. The van der Waals surface area contributed by atoms with Gasteiger partial charge in [-0.2, -0.15) is 0 Å². The summed E-state index contributed by atoms with van der Waals surface area (Å²) in [6.07, 6.45) is -0.565. The summed E-state index contributed by atoms with van der Waals surface area (Å²) in [6.45, 7) is 3.83. The SMILES string of the molecule is Cc1ccsc1-c1ccc2nc([C@@H](C)O)[nH]c2c1. The van der Waals surface area contributed by atoms with Crippen LogP contribution in [0.4, 0.5) is 0 Å². The normalized spacial score (nSPS) is 13.1. The van der Waals surface area contributed by atoms with Gasteiger partial charge in [0.25, 0.3) is 0 Å². The van der Waals surface area contributed by atoms with Crippen molar-refractivity contribution in [2.24, 2.45) is 0 Å². The Morgan fingerprint density at radius 2 is 2.17 bits per heavy atom. The molecule has 0 bridgehead atoms. The van der Waals surface area contributed by atoms with E-state index >= 15 is 0 Å². The number of aliphatic hydroxyl groups is 1. The number of aryl methyl sites for hydroxylation is 1. The fraction of sp³-hybridized carbons (Fsp3) is 0.214. The molecule has 3 rings (SSSR count). The molecule has 2 aromatic heterocycles. The van der Waals surface area contributed by atoms with Crippen molar-refractivity contribution >= 4 is 22.4 Å². The maximum Gasteiger partial charge on any atom is 0.135 e. The van der Waals surface area contributed by atoms with E-state index in [-0.39, 0.29) is 0 Å². The molecule has 3 nitrogen and oxygen atoms in total. The molecule has 0 aliphatic heterocycles. The lowest BCUT2D eigenvalue weighted by atomic mass is 10.1. The monoisotopic (exact) mass is 258 g/mol. The van der Waals surface area contributed by atoms with Gasteiger partial charge < -0.3 is 10.1 Å². The molecule has 0 radical (unpaired) electrons. The fourth-order valence-electron chi connectivity index (χ4n) is 2.04. The number of nitrogens with one attached hydrogen (secondary N) is 1. The van der Waals surface area contributed by atoms with Gasteiger partial charge in [0.15, 0.2) is 0 Å². The summed E-state index contributed by atoms with van der Waals surface area (Å²) in [5.74, 6) is 0.616. The largest absolute Gasteiger partial charge is 0.385 e. The van der Waals surface area contributed by atoms with Gasteiger partial charge in [-0.05, 0) is 48.6 Å². The van der Waals surface area contributed by atoms with Crippen LogP contribution in [0.1, 0.15) is 24.4 Å². The third-order valence-corrected chi connectivity index (χ3v) is 4.09. The molecule has 0 saturated carbocycles. The standard InChI is InChI=1S/C14H14N2OS/c1-8-5-6-18-13(8)10-3-4-11-12(7-10)16-14(15-11)9(2)17/h3-7,9,17H,1-2H3,(H,15,16)/t9-/m1/s1. The van der Waals surface area contributed by atoms with Crippen molar-refractivity contribution in [2.45, 2.75) is 20.0 Å². The number of H-pyrrole nitrogens is 1. The van der Waals surface area contributed by atoms with Crippen molar-refractivity contribution in [1.29, 1.82) is 0 Å². The average Bonchev–Trinajstić information content (AvgIpc) is 2.93. The van der Waals surface area contributed by atoms with E-state index < -0.39 is 6.10 Å². The van der Waals surface area contributed by atoms with Crippen molar-refractivity contribution in [3.05, 3.63) is 41.0 Å². The van der Waals surface area contributed by atoms with Crippen LogP contribution in [-0.4, -0.2) is 15.1 Å². The highest BCUT2D eigenvalue weighted by Gasteiger charge is 2.09. The van der Waals surface area contributed by atoms with Gasteiger partial charge in [0, 0.05) is 4.88 Å². The number of rotatable bonds is 2. The lowest BCUT2D eigenvalue weighted by Crippen LogP contribution is -1.92. The molecule has 0 amide bonds. The van der Waals surface area contributed by atoms with E-state index in [1.54, 1.807) is 18.3 Å². The van der Waals surface area contributed by atoms with Crippen LogP contribution in [0.5, 0.6) is 0 Å². The van der Waals surface area contributed by atoms with Crippen LogP contribution in [0.15, 0.2) is 29.6 Å². The summed E-state index contributed by atoms with van der Waals surface area (Å²) in [5.41, 5.74) is 4.34. The Labute approximate surface area is 109 Å². The molecule has 0 fully saturated rings. The van der Waals surface area contributed by atoms with Crippen LogP contribution in [0.25, 0.3) is 21.5 Å². The number of hydrogen-bond acceptors (Lipinski definition) is 3. The van der Waals surface area contributed by atoms with Gasteiger partial charge >= 0.3 is 0 Å². The highest BCUT2D eigenvalue weighted by atomic mass is 32.1. The molecule has 1 atom stereocenters. The van der Waals surface area contributed by atoms with Gasteiger partial charge in [-0.15, -0.1) is 11.3 Å². The second kappa shape index (κ2) is 4.23. The molecule has 4 heteroatoms. The third kappa shape index (κ3) is 1.83. The first kappa shape index (κ1) is 11.4. The zero-order chi connectivity index (χ0) is 12.7. The first-order valence-electron chi connectivity index (χ1n) is 5.87. The Hall–Kier alpha value is -1.65. The lowest BCUT2D eigenvalue weighted by molar-refractivity contribution is 0.190. The lowest BCUT2D eigenvalue weighted by Gasteiger charge is -1.99. The van der Waals surface area contributed by atoms with Gasteiger partial charge in [-0.25, -0.2) is 4.98 Å². The molecule has 18 heavy (non-hydrogen) atoms. The molecule has 0 saturated heterocycles. The minimum atomic E-state index is -0.565. The van der Waals surface area contributed by atoms with Gasteiger partial charge in [-0.1, -0.05) is 6.07 Å². The summed E-state index contributed by atoms with van der Waals surface area (Å²) in [7, 11) is 0. The van der Waals surface area contributed by atoms with E-state index in [9.17, 15) is 5.11 Å². The zero-order valence-corrected chi connectivity index (χ0v) is 11.1. The third-order valence-electron chi connectivity index (χ3n) is 3.02. The summed E-state index contributed by atoms with van der Waals surface area (Å²) >= 11 is 1.74. The van der Waals surface area contributed by atoms with Crippen molar-refractivity contribution in [1.82, 2.24) is 9.97 Å². The van der Waals surface area contributed by atoms with Gasteiger partial charge in [0.2, 0.25) is 0 Å². The zero-order valence-electron chi connectivity index (χ0n) is 10.3. The minimum absolute atomic E-state index is 0.565. The molecular formula is C14H14N2OS. The molecule has 3 aromatic rings. The minimum Gasteiger partial charge on any atom is -0.385 e. The molecule has 0 spiro atoms. The quantitative estimate of drug-likeness (QED) is 0.737. The van der Waals surface area contributed by atoms with Crippen LogP contribution < -0.4 is 0 Å². The van der Waals surface area contributed by atoms with E-state index in [0.717, 1.165) is 11.0 Å². The Morgan fingerprint density at radius 1 is 1.33 bits per heavy atom. The van der Waals surface area contributed by atoms with E-state index in [2.05, 4.69) is 40.5 Å². The van der Waals surface area contributed by atoms with Crippen LogP contribution in [0.3, 0.4) is 0 Å². The summed E-state index contributed by atoms with van der Waals surface area (Å²) in [5, 5.41) is 11.6. The number of fused-ring (bicyclic) bond motifs is 1. The number of hydrogen-bond donors (Lipinski definition) is 2. The number of aliphatic hydroxyl groups excluding tert-OH is 1. The van der Waals surface area contributed by atoms with Crippen molar-refractivity contribution in [3.8, 4) is 10.4 Å². The number of benzene rings is 1. The van der Waals surface area contributed by atoms with Crippen LogP contribution >= 0.6 is 11.3 Å². The maximum absolute atomic E-state index is 9.53. The van der Waals surface area contributed by atoms with Crippen LogP contribution in [0, 0.1) is 6.92 Å². The van der Waals surface area contributed by atoms with Crippen LogP contribution in [-0.2, 0) is 0 Å². The van der Waals surface area contributed by atoms with Crippen molar-refractivity contribution in [2.75, 3.05) is 0 Å². The van der Waals surface area contributed by atoms with Crippen molar-refractivity contribution < 1.29 is 5.11 Å². The summed E-state index contributed by atoms with van der Waals surface area (Å²) < 4.78 is 0. The first-order valence-corrected chi connectivity index (χ1v) is 6.75. The smallest absolute Gasteiger partial charge is 0.135 e. The van der Waals surface area contributed by atoms with E-state index in [1.165, 1.54) is 16.0 Å². The molecule has 0 aliphatic carbocycles. The van der Waals surface area contributed by atoms with Crippen molar-refractivity contribution in [3.63, 3.8) is 0 Å². The number of thiophene rings is 1. The number of aromatic nitrogens is 2. The number of imidazole rings is 1. The molecular weight excluding hydrogens is 244 g/mol. The van der Waals surface area contributed by atoms with E-state index in [0.29, 0.717) is 5.82 Å². The highest BCUT2D eigenvalue weighted by molar-refractivity contribution is 7.13. The Bertz CT molecular complexity index is 697. The highest BCUT2D eigenvalue weighted by Crippen LogP contribution is 2.31. The summed E-state index contributed by atoms with van der Waals surface area (Å²) in [6, 6.07) is 8.28.